The molecule has 3 heterocycles. The van der Waals surface area contributed by atoms with Crippen LogP contribution in [0.4, 0.5) is 0 Å². The molecule has 0 amide bonds. The Kier molecular flexibility index (Phi) is 10.6. The molecule has 0 bridgehead atoms. The number of carbonyl (C=O) groups is 1. The summed E-state index contributed by atoms with van der Waals surface area (Å²) in [5.41, 5.74) is 5.47. The summed E-state index contributed by atoms with van der Waals surface area (Å²) in [6.45, 7) is 17.7. The number of piperidine rings is 1. The summed E-state index contributed by atoms with van der Waals surface area (Å²) in [6, 6.07) is 18.6. The lowest BCUT2D eigenvalue weighted by molar-refractivity contribution is -0.152. The van der Waals surface area contributed by atoms with Gasteiger partial charge in [0.25, 0.3) is 5.89 Å². The van der Waals surface area contributed by atoms with Gasteiger partial charge in [0.05, 0.1) is 5.41 Å². The van der Waals surface area contributed by atoms with E-state index in [0.29, 0.717) is 42.3 Å². The molecule has 0 aliphatic carbocycles. The van der Waals surface area contributed by atoms with Gasteiger partial charge in [0.15, 0.2) is 0 Å². The van der Waals surface area contributed by atoms with Crippen molar-refractivity contribution in [1.29, 1.82) is 0 Å². The molecule has 0 atom stereocenters. The second-order valence-electron chi connectivity index (χ2n) is 14.0. The van der Waals surface area contributed by atoms with Gasteiger partial charge in [0.1, 0.15) is 0 Å². The number of hydrogen-bond acceptors (Lipinski definition) is 6. The van der Waals surface area contributed by atoms with Gasteiger partial charge in [0, 0.05) is 22.5 Å². The third kappa shape index (κ3) is 9.35. The summed E-state index contributed by atoms with van der Waals surface area (Å²) >= 11 is 1.64. The number of thiophene rings is 1. The van der Waals surface area contributed by atoms with Crippen molar-refractivity contribution in [3.63, 3.8) is 0 Å². The monoisotopic (exact) mass is 601 g/mol. The number of rotatable bonds is 9. The van der Waals surface area contributed by atoms with Crippen LogP contribution in [-0.4, -0.2) is 39.2 Å². The highest BCUT2D eigenvalue weighted by Crippen LogP contribution is 2.37. The smallest absolute Gasteiger partial charge is 0.310 e. The lowest BCUT2D eigenvalue weighted by Crippen LogP contribution is -2.45. The summed E-state index contributed by atoms with van der Waals surface area (Å²) in [7, 11) is 0. The van der Waals surface area contributed by atoms with Crippen LogP contribution in [0.2, 0.25) is 0 Å². The molecule has 230 valence electrons. The van der Waals surface area contributed by atoms with Gasteiger partial charge < -0.3 is 9.63 Å². The Labute approximate surface area is 261 Å². The van der Waals surface area contributed by atoms with Crippen LogP contribution in [0, 0.1) is 23.7 Å². The fourth-order valence-corrected chi connectivity index (χ4v) is 6.17. The van der Waals surface area contributed by atoms with E-state index in [-0.39, 0.29) is 0 Å². The molecule has 1 aliphatic heterocycles. The summed E-state index contributed by atoms with van der Waals surface area (Å²) in [4.78, 5) is 20.3. The zero-order chi connectivity index (χ0) is 31.2. The largest absolute Gasteiger partial charge is 0.481 e. The first-order valence-electron chi connectivity index (χ1n) is 15.3. The number of carboxylic acids is 1. The van der Waals surface area contributed by atoms with Gasteiger partial charge in [0.2, 0.25) is 5.82 Å². The number of benzene rings is 2. The Hall–Kier alpha value is -3.29. The van der Waals surface area contributed by atoms with Crippen LogP contribution in [0.25, 0.3) is 22.8 Å². The Morgan fingerprint density at radius 1 is 1.05 bits per heavy atom. The maximum atomic E-state index is 12.2. The number of carboxylic acid groups (broad SMARTS) is 1. The molecular weight excluding hydrogens is 554 g/mol. The van der Waals surface area contributed by atoms with Crippen LogP contribution in [0.15, 0.2) is 64.5 Å². The average molecular weight is 602 g/mol. The van der Waals surface area contributed by atoms with Crippen LogP contribution < -0.4 is 0 Å². The van der Waals surface area contributed by atoms with Crippen molar-refractivity contribution in [3.05, 3.63) is 81.5 Å². The molecule has 1 fully saturated rings. The molecule has 43 heavy (non-hydrogen) atoms. The number of aryl methyl sites for hydroxylation is 1. The summed E-state index contributed by atoms with van der Waals surface area (Å²) in [5.74, 6) is 1.05. The van der Waals surface area contributed by atoms with Crippen molar-refractivity contribution in [1.82, 2.24) is 15.0 Å². The summed E-state index contributed by atoms with van der Waals surface area (Å²) in [5, 5.41) is 16.2. The Balaban J connectivity index is 0.000000782. The van der Waals surface area contributed by atoms with Crippen LogP contribution in [0.3, 0.4) is 0 Å². The highest BCUT2D eigenvalue weighted by Gasteiger charge is 2.41. The number of aromatic nitrogens is 2. The summed E-state index contributed by atoms with van der Waals surface area (Å²) in [6.07, 6.45) is 3.02. The molecule has 0 spiro atoms. The molecule has 4 aromatic rings. The quantitative estimate of drug-likeness (QED) is 0.206. The Morgan fingerprint density at radius 2 is 1.70 bits per heavy atom. The van der Waals surface area contributed by atoms with Gasteiger partial charge in [-0.2, -0.15) is 4.98 Å². The molecule has 7 heteroatoms. The lowest BCUT2D eigenvalue weighted by Gasteiger charge is -2.38. The minimum atomic E-state index is -0.670. The molecule has 0 saturated carbocycles. The molecule has 2 aromatic carbocycles. The third-order valence-electron chi connectivity index (χ3n) is 7.62. The third-order valence-corrected chi connectivity index (χ3v) is 8.50. The van der Waals surface area contributed by atoms with Gasteiger partial charge in [-0.1, -0.05) is 83.1 Å². The molecule has 6 nitrogen and oxygen atoms in total. The second kappa shape index (κ2) is 14.0. The first-order chi connectivity index (χ1) is 20.3. The van der Waals surface area contributed by atoms with Crippen molar-refractivity contribution in [2.24, 2.45) is 16.7 Å². The van der Waals surface area contributed by atoms with E-state index in [1.807, 2.05) is 29.6 Å². The van der Waals surface area contributed by atoms with Crippen LogP contribution >= 0.6 is 11.3 Å². The molecule has 2 aromatic heterocycles. The first-order valence-corrected chi connectivity index (χ1v) is 16.2. The van der Waals surface area contributed by atoms with Gasteiger partial charge in [-0.3, -0.25) is 9.69 Å². The van der Waals surface area contributed by atoms with E-state index in [9.17, 15) is 9.90 Å². The van der Waals surface area contributed by atoms with E-state index >= 15 is 0 Å². The van der Waals surface area contributed by atoms with Crippen molar-refractivity contribution in [2.75, 3.05) is 13.1 Å². The van der Waals surface area contributed by atoms with Gasteiger partial charge in [-0.25, -0.2) is 0 Å². The van der Waals surface area contributed by atoms with E-state index in [4.69, 9.17) is 4.52 Å². The van der Waals surface area contributed by atoms with Crippen LogP contribution in [-0.2, 0) is 24.2 Å². The summed E-state index contributed by atoms with van der Waals surface area (Å²) < 4.78 is 5.59. The van der Waals surface area contributed by atoms with Crippen molar-refractivity contribution >= 4 is 17.3 Å². The van der Waals surface area contributed by atoms with E-state index in [2.05, 4.69) is 93.8 Å². The van der Waals surface area contributed by atoms with Crippen LogP contribution in [0.5, 0.6) is 0 Å². The van der Waals surface area contributed by atoms with E-state index in [1.165, 1.54) is 16.7 Å². The zero-order valence-electron chi connectivity index (χ0n) is 26.8. The van der Waals surface area contributed by atoms with Gasteiger partial charge >= 0.3 is 5.97 Å². The Morgan fingerprint density at radius 3 is 2.26 bits per heavy atom. The van der Waals surface area contributed by atoms with Gasteiger partial charge in [-0.05, 0) is 97.3 Å². The van der Waals surface area contributed by atoms with Gasteiger partial charge in [-0.15, -0.1) is 11.3 Å². The Bertz CT molecular complexity index is 1450. The maximum absolute atomic E-state index is 12.2. The molecule has 1 aliphatic rings. The fraction of sp³-hybridized carbons (Fsp3) is 0.472. The normalized spacial score (nSPS) is 15.3. The molecule has 1 saturated heterocycles. The van der Waals surface area contributed by atoms with Crippen molar-refractivity contribution < 1.29 is 14.4 Å². The topological polar surface area (TPSA) is 79.5 Å². The zero-order valence-corrected chi connectivity index (χ0v) is 27.6. The van der Waals surface area contributed by atoms with Crippen molar-refractivity contribution in [2.45, 2.75) is 80.7 Å². The predicted molar refractivity (Wildman–Crippen MR) is 176 cm³/mol. The highest BCUT2D eigenvalue weighted by atomic mass is 32.1. The number of aliphatic carboxylic acids is 1. The molecule has 1 N–H and O–H groups in total. The SMILES string of the molecule is CC(C)(C)C.Cc1cc(-c2nc(-c3ccc(CN4CCC(Cc5cccs5)(C(=O)O)CC4)cc3)no2)ccc1CC(C)C. The predicted octanol–water partition coefficient (Wildman–Crippen LogP) is 8.93. The molecule has 5 rings (SSSR count). The minimum Gasteiger partial charge on any atom is -0.481 e. The van der Waals surface area contributed by atoms with E-state index in [1.54, 1.807) is 11.3 Å². The van der Waals surface area contributed by atoms with E-state index < -0.39 is 11.4 Å². The number of hydrogen-bond donors (Lipinski definition) is 1. The molecule has 0 unspecified atom stereocenters. The number of nitrogens with zero attached hydrogens (tertiary/aromatic N) is 3. The minimum absolute atomic E-state index is 0.500. The standard InChI is InChI=1S/C31H35N3O3S.C5H12/c1-21(2)17-25-10-11-26(18-22(25)3)29-32-28(33-37-29)24-8-6-23(7-9-24)20-34-14-12-31(13-15-34,30(35)36)19-27-5-4-16-38-27;1-5(2,3)4/h4-11,16,18,21H,12-15,17,19-20H2,1-3H3,(H,35,36);1-4H3. The van der Waals surface area contributed by atoms with Crippen molar-refractivity contribution in [3.8, 4) is 22.8 Å². The second-order valence-corrected chi connectivity index (χ2v) is 15.0. The van der Waals surface area contributed by atoms with E-state index in [0.717, 1.165) is 42.1 Å². The molecular formula is C36H47N3O3S. The number of likely N-dealkylation sites (tertiary alicyclic amines) is 1. The average Bonchev–Trinajstić information content (AvgIpc) is 3.63. The first kappa shape index (κ1) is 32.6. The van der Waals surface area contributed by atoms with Crippen LogP contribution in [0.1, 0.15) is 76.0 Å². The lowest BCUT2D eigenvalue weighted by atomic mass is 9.75. The highest BCUT2D eigenvalue weighted by molar-refractivity contribution is 7.09. The maximum Gasteiger partial charge on any atom is 0.310 e. The fourth-order valence-electron chi connectivity index (χ4n) is 5.33. The molecule has 0 radical (unpaired) electrons.